The van der Waals surface area contributed by atoms with E-state index < -0.39 is 10.0 Å². The van der Waals surface area contributed by atoms with Crippen molar-refractivity contribution in [3.8, 4) is 0 Å². The summed E-state index contributed by atoms with van der Waals surface area (Å²) in [5.41, 5.74) is 3.82. The van der Waals surface area contributed by atoms with Crippen LogP contribution in [-0.2, 0) is 14.8 Å². The van der Waals surface area contributed by atoms with Crippen LogP contribution in [0.15, 0.2) is 52.5 Å². The highest BCUT2D eigenvalue weighted by atomic mass is 32.2. The van der Waals surface area contributed by atoms with E-state index in [0.717, 1.165) is 50.6 Å². The van der Waals surface area contributed by atoms with Gasteiger partial charge in [0.15, 0.2) is 0 Å². The van der Waals surface area contributed by atoms with Crippen LogP contribution in [0.5, 0.6) is 0 Å². The van der Waals surface area contributed by atoms with E-state index in [1.54, 1.807) is 12.1 Å². The number of hydrogen-bond acceptors (Lipinski definition) is 4. The topological polar surface area (TPSA) is 67.4 Å². The molecule has 5 nitrogen and oxygen atoms in total. The number of aryl methyl sites for hydroxylation is 1. The molecule has 0 unspecified atom stereocenters. The van der Waals surface area contributed by atoms with Gasteiger partial charge in [0.25, 0.3) is 0 Å². The number of allylic oxidation sites excluding steroid dienone is 3. The number of benzene rings is 1. The molecule has 1 saturated carbocycles. The third-order valence-corrected chi connectivity index (χ3v) is 7.28. The molecule has 1 aromatic carbocycles. The van der Waals surface area contributed by atoms with Gasteiger partial charge in [-0.15, -0.1) is 0 Å². The highest BCUT2D eigenvalue weighted by Crippen LogP contribution is 2.21. The summed E-state index contributed by atoms with van der Waals surface area (Å²) in [5, 5.41) is 3.52. The van der Waals surface area contributed by atoms with Crippen molar-refractivity contribution in [1.29, 1.82) is 0 Å². The average molecular weight is 419 g/mol. The van der Waals surface area contributed by atoms with Gasteiger partial charge >= 0.3 is 0 Å². The predicted octanol–water partition coefficient (Wildman–Crippen LogP) is 3.86. The lowest BCUT2D eigenvalue weighted by Crippen LogP contribution is -2.52. The standard InChI is InChI=1S/C23H34N2O3S/c1-18-7-11-20(12-8-18)17-28-16-15-24-22-5-3-4-6-23(22)25-29(26,27)21-13-9-19(2)10-14-21/h7,9-10,12-14,22-25H,3-6,8,11,15-17H2,1-2H3/t22-,23-/m1/s1. The van der Waals surface area contributed by atoms with Crippen LogP contribution in [0, 0.1) is 6.92 Å². The molecular weight excluding hydrogens is 384 g/mol. The normalized spacial score (nSPS) is 22.8. The van der Waals surface area contributed by atoms with Crippen LogP contribution in [0.3, 0.4) is 0 Å². The van der Waals surface area contributed by atoms with E-state index in [-0.39, 0.29) is 12.1 Å². The summed E-state index contributed by atoms with van der Waals surface area (Å²) < 4.78 is 34.3. The number of rotatable bonds is 9. The summed E-state index contributed by atoms with van der Waals surface area (Å²) in [6, 6.07) is 7.08. The summed E-state index contributed by atoms with van der Waals surface area (Å²) in [7, 11) is -3.50. The molecule has 2 aliphatic rings. The molecule has 0 saturated heterocycles. The Morgan fingerprint density at radius 2 is 1.72 bits per heavy atom. The maximum Gasteiger partial charge on any atom is 0.240 e. The molecule has 3 rings (SSSR count). The molecule has 0 spiro atoms. The Kier molecular flexibility index (Phi) is 8.07. The number of nitrogens with one attached hydrogen (secondary N) is 2. The minimum atomic E-state index is -3.50. The van der Waals surface area contributed by atoms with Crippen molar-refractivity contribution in [2.75, 3.05) is 19.8 Å². The number of hydrogen-bond donors (Lipinski definition) is 2. The highest BCUT2D eigenvalue weighted by Gasteiger charge is 2.29. The minimum Gasteiger partial charge on any atom is -0.376 e. The van der Waals surface area contributed by atoms with Crippen LogP contribution in [-0.4, -0.2) is 40.3 Å². The van der Waals surface area contributed by atoms with E-state index >= 15 is 0 Å². The van der Waals surface area contributed by atoms with E-state index in [1.165, 1.54) is 11.1 Å². The SMILES string of the molecule is CC1=CCC(COCCN[C@@H]2CCCC[C@H]2NS(=O)(=O)c2ccc(C)cc2)=CC1. The van der Waals surface area contributed by atoms with Gasteiger partial charge in [-0.2, -0.15) is 0 Å². The highest BCUT2D eigenvalue weighted by molar-refractivity contribution is 7.89. The maximum absolute atomic E-state index is 12.8. The minimum absolute atomic E-state index is 0.0794. The fourth-order valence-corrected chi connectivity index (χ4v) is 5.23. The molecule has 0 bridgehead atoms. The number of ether oxygens (including phenoxy) is 1. The zero-order valence-electron chi connectivity index (χ0n) is 17.6. The van der Waals surface area contributed by atoms with Crippen molar-refractivity contribution >= 4 is 10.0 Å². The van der Waals surface area contributed by atoms with Gasteiger partial charge in [0.1, 0.15) is 0 Å². The van der Waals surface area contributed by atoms with E-state index in [0.29, 0.717) is 18.1 Å². The van der Waals surface area contributed by atoms with Crippen LogP contribution in [0.1, 0.15) is 51.0 Å². The lowest BCUT2D eigenvalue weighted by atomic mass is 9.91. The largest absolute Gasteiger partial charge is 0.376 e. The van der Waals surface area contributed by atoms with Crippen molar-refractivity contribution < 1.29 is 13.2 Å². The first kappa shape index (κ1) is 22.2. The molecule has 2 N–H and O–H groups in total. The van der Waals surface area contributed by atoms with E-state index in [1.807, 2.05) is 19.1 Å². The zero-order valence-corrected chi connectivity index (χ0v) is 18.4. The molecule has 0 aliphatic heterocycles. The Balaban J connectivity index is 1.45. The van der Waals surface area contributed by atoms with Gasteiger partial charge in [-0.3, -0.25) is 0 Å². The van der Waals surface area contributed by atoms with Crippen molar-refractivity contribution in [2.45, 2.75) is 69.4 Å². The molecule has 0 heterocycles. The van der Waals surface area contributed by atoms with E-state index in [4.69, 9.17) is 4.74 Å². The van der Waals surface area contributed by atoms with Crippen LogP contribution in [0.2, 0.25) is 0 Å². The van der Waals surface area contributed by atoms with Gasteiger partial charge in [0.05, 0.1) is 18.1 Å². The fraction of sp³-hybridized carbons (Fsp3) is 0.565. The maximum atomic E-state index is 12.8. The Hall–Kier alpha value is -1.47. The van der Waals surface area contributed by atoms with Crippen LogP contribution >= 0.6 is 0 Å². The Morgan fingerprint density at radius 3 is 2.41 bits per heavy atom. The van der Waals surface area contributed by atoms with Crippen molar-refractivity contribution in [1.82, 2.24) is 10.0 Å². The van der Waals surface area contributed by atoms with Crippen molar-refractivity contribution in [3.63, 3.8) is 0 Å². The van der Waals surface area contributed by atoms with Gasteiger partial charge in [-0.05, 0) is 57.2 Å². The molecule has 0 radical (unpaired) electrons. The lowest BCUT2D eigenvalue weighted by Gasteiger charge is -2.32. The Labute approximate surface area is 175 Å². The molecule has 160 valence electrons. The molecule has 29 heavy (non-hydrogen) atoms. The Bertz CT molecular complexity index is 828. The second-order valence-corrected chi connectivity index (χ2v) is 9.97. The molecular formula is C23H34N2O3S. The smallest absolute Gasteiger partial charge is 0.240 e. The van der Waals surface area contributed by atoms with Gasteiger partial charge in [-0.25, -0.2) is 13.1 Å². The first-order chi connectivity index (χ1) is 13.9. The van der Waals surface area contributed by atoms with Crippen molar-refractivity contribution in [3.05, 3.63) is 53.1 Å². The molecule has 2 atom stereocenters. The molecule has 0 amide bonds. The fourth-order valence-electron chi connectivity index (χ4n) is 3.92. The van der Waals surface area contributed by atoms with Gasteiger partial charge < -0.3 is 10.1 Å². The van der Waals surface area contributed by atoms with E-state index in [9.17, 15) is 8.42 Å². The average Bonchev–Trinajstić information content (AvgIpc) is 2.70. The third kappa shape index (κ3) is 6.78. The molecule has 1 fully saturated rings. The Morgan fingerprint density at radius 1 is 1.00 bits per heavy atom. The first-order valence-corrected chi connectivity index (χ1v) is 12.2. The molecule has 6 heteroatoms. The van der Waals surface area contributed by atoms with Gasteiger partial charge in [0, 0.05) is 18.6 Å². The predicted molar refractivity (Wildman–Crippen MR) is 117 cm³/mol. The quantitative estimate of drug-likeness (QED) is 0.472. The first-order valence-electron chi connectivity index (χ1n) is 10.7. The number of sulfonamides is 1. The van der Waals surface area contributed by atoms with Crippen LogP contribution < -0.4 is 10.0 Å². The summed E-state index contributed by atoms with van der Waals surface area (Å²) >= 11 is 0. The molecule has 2 aliphatic carbocycles. The molecule has 0 aromatic heterocycles. The zero-order chi connectivity index (χ0) is 20.7. The monoisotopic (exact) mass is 418 g/mol. The molecule has 1 aromatic rings. The van der Waals surface area contributed by atoms with Crippen LogP contribution in [0.4, 0.5) is 0 Å². The summed E-state index contributed by atoms with van der Waals surface area (Å²) in [6.07, 6.45) is 10.6. The van der Waals surface area contributed by atoms with Gasteiger partial charge in [0.2, 0.25) is 10.0 Å². The van der Waals surface area contributed by atoms with Crippen molar-refractivity contribution in [2.24, 2.45) is 0 Å². The summed E-state index contributed by atoms with van der Waals surface area (Å²) in [6.45, 7) is 6.16. The lowest BCUT2D eigenvalue weighted by molar-refractivity contribution is 0.149. The summed E-state index contributed by atoms with van der Waals surface area (Å²) in [5.74, 6) is 0. The second-order valence-electron chi connectivity index (χ2n) is 8.26. The van der Waals surface area contributed by atoms with E-state index in [2.05, 4.69) is 29.1 Å². The van der Waals surface area contributed by atoms with Gasteiger partial charge in [-0.1, -0.05) is 48.3 Å². The summed E-state index contributed by atoms with van der Waals surface area (Å²) in [4.78, 5) is 0.334. The second kappa shape index (κ2) is 10.5. The third-order valence-electron chi connectivity index (χ3n) is 5.77. The van der Waals surface area contributed by atoms with Crippen LogP contribution in [0.25, 0.3) is 0 Å².